The number of hydrogen-bond donors (Lipinski definition) is 0. The van der Waals surface area contributed by atoms with Crippen LogP contribution in [0.5, 0.6) is 0 Å². The van der Waals surface area contributed by atoms with E-state index in [1.807, 2.05) is 0 Å². The maximum absolute atomic E-state index is 11.4. The first-order valence-electron chi connectivity index (χ1n) is 7.39. The van der Waals surface area contributed by atoms with Crippen LogP contribution in [-0.4, -0.2) is 6.61 Å². The van der Waals surface area contributed by atoms with Gasteiger partial charge in [0.15, 0.2) is 0 Å². The lowest BCUT2D eigenvalue weighted by molar-refractivity contribution is 0.235. The van der Waals surface area contributed by atoms with Crippen molar-refractivity contribution in [3.63, 3.8) is 0 Å². The molecule has 2 aromatic carbocycles. The van der Waals surface area contributed by atoms with Crippen LogP contribution in [0.15, 0.2) is 36.4 Å². The summed E-state index contributed by atoms with van der Waals surface area (Å²) in [5.74, 6) is 0. The Labute approximate surface area is 118 Å². The highest BCUT2D eigenvalue weighted by Crippen LogP contribution is 2.31. The van der Waals surface area contributed by atoms with Crippen molar-refractivity contribution >= 4 is 11.6 Å². The van der Waals surface area contributed by atoms with E-state index in [0.29, 0.717) is 0 Å². The van der Waals surface area contributed by atoms with Crippen molar-refractivity contribution in [3.05, 3.63) is 58.0 Å². The highest BCUT2D eigenvalue weighted by molar-refractivity contribution is 5.74. The molecule has 0 bridgehead atoms. The molecule has 0 atom stereocenters. The summed E-state index contributed by atoms with van der Waals surface area (Å²) in [6, 6.07) is 13.1. The Kier molecular flexibility index (Phi) is 2.75. The monoisotopic (exact) mass is 261 g/mol. The summed E-state index contributed by atoms with van der Waals surface area (Å²) in [6.07, 6.45) is 6.49. The average molecular weight is 261 g/mol. The smallest absolute Gasteiger partial charge is 0.104 e. The minimum absolute atomic E-state index is 0.0593. The summed E-state index contributed by atoms with van der Waals surface area (Å²) in [6.45, 7) is -0.0593. The van der Waals surface area contributed by atoms with Crippen LogP contribution < -0.4 is 10.4 Å². The van der Waals surface area contributed by atoms with Crippen molar-refractivity contribution in [3.8, 4) is 11.1 Å². The quantitative estimate of drug-likeness (QED) is 0.752. The molecule has 0 aromatic heterocycles. The minimum atomic E-state index is -0.0593. The summed E-state index contributed by atoms with van der Waals surface area (Å²) < 4.78 is 0. The van der Waals surface area contributed by atoms with Gasteiger partial charge in [0.2, 0.25) is 0 Å². The molecule has 2 aliphatic carbocycles. The standard InChI is InChI=1S/C19H17O/c20-12-14-5-3-7-17-16(14)10-11-18-15-6-2-1-4-13(15)8-9-19(17)18/h1-2,4,6-7,10-11H,3,5,8-9,12H2. The zero-order chi connectivity index (χ0) is 13.5. The SMILES string of the molecule is [O]CC1=c2ccc3c(c2=CCC1)CCc1ccccc1-3. The third-order valence-corrected chi connectivity index (χ3v) is 4.66. The fraction of sp³-hybridized carbons (Fsp3) is 0.263. The fourth-order valence-corrected chi connectivity index (χ4v) is 3.66. The van der Waals surface area contributed by atoms with Crippen LogP contribution in [-0.2, 0) is 17.9 Å². The molecule has 4 rings (SSSR count). The predicted molar refractivity (Wildman–Crippen MR) is 81.2 cm³/mol. The van der Waals surface area contributed by atoms with E-state index >= 15 is 0 Å². The number of fused-ring (bicyclic) bond motifs is 5. The summed E-state index contributed by atoms with van der Waals surface area (Å²) in [7, 11) is 0. The van der Waals surface area contributed by atoms with Gasteiger partial charge in [-0.1, -0.05) is 42.5 Å². The number of hydrogen-bond acceptors (Lipinski definition) is 0. The van der Waals surface area contributed by atoms with Gasteiger partial charge in [0, 0.05) is 0 Å². The Bertz CT molecular complexity index is 799. The molecular formula is C19H17O. The zero-order valence-corrected chi connectivity index (χ0v) is 11.5. The van der Waals surface area contributed by atoms with Crippen molar-refractivity contribution in [1.82, 2.24) is 0 Å². The van der Waals surface area contributed by atoms with Crippen LogP contribution in [0.25, 0.3) is 22.8 Å². The third kappa shape index (κ3) is 1.66. The van der Waals surface area contributed by atoms with Crippen LogP contribution in [0.3, 0.4) is 0 Å². The van der Waals surface area contributed by atoms with Gasteiger partial charge in [0.25, 0.3) is 0 Å². The molecule has 0 fully saturated rings. The first-order chi connectivity index (χ1) is 9.88. The van der Waals surface area contributed by atoms with E-state index in [1.165, 1.54) is 32.7 Å². The summed E-state index contributed by atoms with van der Waals surface area (Å²) in [5.41, 5.74) is 6.73. The number of aryl methyl sites for hydroxylation is 1. The largest absolute Gasteiger partial charge is 0.232 e. The van der Waals surface area contributed by atoms with Gasteiger partial charge in [-0.3, -0.25) is 0 Å². The van der Waals surface area contributed by atoms with E-state index in [0.717, 1.165) is 31.3 Å². The van der Waals surface area contributed by atoms with E-state index in [-0.39, 0.29) is 6.61 Å². The van der Waals surface area contributed by atoms with Crippen LogP contribution >= 0.6 is 0 Å². The fourth-order valence-electron chi connectivity index (χ4n) is 3.66. The van der Waals surface area contributed by atoms with Gasteiger partial charge in [-0.05, 0) is 63.9 Å². The van der Waals surface area contributed by atoms with Gasteiger partial charge in [0.1, 0.15) is 6.61 Å². The highest BCUT2D eigenvalue weighted by Gasteiger charge is 2.18. The Morgan fingerprint density at radius 2 is 1.80 bits per heavy atom. The van der Waals surface area contributed by atoms with Crippen molar-refractivity contribution < 1.29 is 5.11 Å². The lowest BCUT2D eigenvalue weighted by Crippen LogP contribution is -2.35. The van der Waals surface area contributed by atoms with E-state index in [9.17, 15) is 5.11 Å². The van der Waals surface area contributed by atoms with Crippen LogP contribution in [0, 0.1) is 0 Å². The average Bonchev–Trinajstić information content (AvgIpc) is 2.53. The minimum Gasteiger partial charge on any atom is -0.232 e. The third-order valence-electron chi connectivity index (χ3n) is 4.66. The van der Waals surface area contributed by atoms with E-state index in [2.05, 4.69) is 42.5 Å². The molecular weight excluding hydrogens is 244 g/mol. The number of rotatable bonds is 1. The molecule has 0 spiro atoms. The molecule has 0 unspecified atom stereocenters. The van der Waals surface area contributed by atoms with Gasteiger partial charge in [0.05, 0.1) is 0 Å². The Morgan fingerprint density at radius 1 is 0.900 bits per heavy atom. The highest BCUT2D eigenvalue weighted by atomic mass is 16.3. The first kappa shape index (κ1) is 11.9. The van der Waals surface area contributed by atoms with Crippen molar-refractivity contribution in [2.24, 2.45) is 0 Å². The van der Waals surface area contributed by atoms with Gasteiger partial charge in [-0.2, -0.15) is 0 Å². The van der Waals surface area contributed by atoms with Gasteiger partial charge in [-0.15, -0.1) is 0 Å². The van der Waals surface area contributed by atoms with E-state index in [4.69, 9.17) is 0 Å². The predicted octanol–water partition coefficient (Wildman–Crippen LogP) is 2.61. The molecule has 20 heavy (non-hydrogen) atoms. The molecule has 2 aromatic rings. The lowest BCUT2D eigenvalue weighted by Gasteiger charge is -2.22. The second kappa shape index (κ2) is 4.60. The molecule has 1 heteroatoms. The summed E-state index contributed by atoms with van der Waals surface area (Å²) >= 11 is 0. The summed E-state index contributed by atoms with van der Waals surface area (Å²) in [5, 5.41) is 13.9. The molecule has 1 radical (unpaired) electrons. The second-order valence-corrected chi connectivity index (χ2v) is 5.70. The molecule has 0 amide bonds. The molecule has 0 heterocycles. The van der Waals surface area contributed by atoms with Gasteiger partial charge in [-0.25, -0.2) is 5.11 Å². The van der Waals surface area contributed by atoms with E-state index in [1.54, 1.807) is 0 Å². The topological polar surface area (TPSA) is 19.9 Å². The lowest BCUT2D eigenvalue weighted by atomic mass is 9.82. The Morgan fingerprint density at radius 3 is 2.70 bits per heavy atom. The van der Waals surface area contributed by atoms with Crippen LogP contribution in [0.2, 0.25) is 0 Å². The van der Waals surface area contributed by atoms with Crippen molar-refractivity contribution in [2.45, 2.75) is 25.7 Å². The Hall–Kier alpha value is -1.86. The molecule has 2 aliphatic rings. The molecule has 1 nitrogen and oxygen atoms in total. The molecule has 0 N–H and O–H groups in total. The maximum atomic E-state index is 11.4. The number of benzene rings is 2. The first-order valence-corrected chi connectivity index (χ1v) is 7.39. The maximum Gasteiger partial charge on any atom is 0.104 e. The van der Waals surface area contributed by atoms with Crippen molar-refractivity contribution in [1.29, 1.82) is 0 Å². The van der Waals surface area contributed by atoms with Gasteiger partial charge < -0.3 is 0 Å². The molecule has 99 valence electrons. The molecule has 0 aliphatic heterocycles. The molecule has 0 saturated carbocycles. The van der Waals surface area contributed by atoms with Gasteiger partial charge >= 0.3 is 0 Å². The van der Waals surface area contributed by atoms with Crippen LogP contribution in [0.4, 0.5) is 0 Å². The second-order valence-electron chi connectivity index (χ2n) is 5.70. The molecule has 0 saturated heterocycles. The zero-order valence-electron chi connectivity index (χ0n) is 11.5. The van der Waals surface area contributed by atoms with Crippen LogP contribution in [0.1, 0.15) is 24.0 Å². The van der Waals surface area contributed by atoms with Crippen molar-refractivity contribution in [2.75, 3.05) is 6.61 Å². The summed E-state index contributed by atoms with van der Waals surface area (Å²) in [4.78, 5) is 0. The Balaban J connectivity index is 2.06. The normalized spacial score (nSPS) is 15.9. The van der Waals surface area contributed by atoms with E-state index < -0.39 is 0 Å².